The lowest BCUT2D eigenvalue weighted by molar-refractivity contribution is 0.430. The Balaban J connectivity index is 2.46. The van der Waals surface area contributed by atoms with Gasteiger partial charge in [-0.05, 0) is 38.5 Å². The molecular formula is C12H14ClN3O3S. The third-order valence-corrected chi connectivity index (χ3v) is 4.77. The summed E-state index contributed by atoms with van der Waals surface area (Å²) >= 11 is 5.86. The summed E-state index contributed by atoms with van der Waals surface area (Å²) < 4.78 is 32.0. The van der Waals surface area contributed by atoms with E-state index in [1.807, 2.05) is 0 Å². The number of halogens is 1. The van der Waals surface area contributed by atoms with Gasteiger partial charge in [-0.15, -0.1) is 0 Å². The molecule has 0 radical (unpaired) electrons. The number of aryl methyl sites for hydroxylation is 2. The number of nitrogen functional groups attached to an aromatic ring is 1. The topological polar surface area (TPSA) is 98.2 Å². The van der Waals surface area contributed by atoms with Gasteiger partial charge in [0.25, 0.3) is 10.0 Å². The van der Waals surface area contributed by atoms with E-state index < -0.39 is 10.0 Å². The van der Waals surface area contributed by atoms with Crippen LogP contribution in [0.15, 0.2) is 21.6 Å². The molecule has 1 aromatic carbocycles. The number of hydrogen-bond donors (Lipinski definition) is 2. The van der Waals surface area contributed by atoms with Crippen molar-refractivity contribution in [3.63, 3.8) is 0 Å². The molecule has 0 aliphatic carbocycles. The Morgan fingerprint density at radius 2 is 1.95 bits per heavy atom. The highest BCUT2D eigenvalue weighted by Gasteiger charge is 2.22. The fraction of sp³-hybridized carbons (Fsp3) is 0.250. The Morgan fingerprint density at radius 3 is 2.50 bits per heavy atom. The van der Waals surface area contributed by atoms with Crippen LogP contribution in [-0.2, 0) is 10.0 Å². The molecule has 0 fully saturated rings. The average molecular weight is 316 g/mol. The van der Waals surface area contributed by atoms with Gasteiger partial charge in [0, 0.05) is 5.56 Å². The first kappa shape index (κ1) is 14.7. The zero-order chi connectivity index (χ0) is 15.1. The van der Waals surface area contributed by atoms with Crippen LogP contribution in [-0.4, -0.2) is 13.6 Å². The van der Waals surface area contributed by atoms with E-state index in [-0.39, 0.29) is 16.5 Å². The maximum absolute atomic E-state index is 12.3. The van der Waals surface area contributed by atoms with Crippen molar-refractivity contribution in [3.8, 4) is 0 Å². The van der Waals surface area contributed by atoms with Crippen molar-refractivity contribution in [2.24, 2.45) is 0 Å². The minimum absolute atomic E-state index is 0.0489. The van der Waals surface area contributed by atoms with Gasteiger partial charge in [0.2, 0.25) is 5.88 Å². The number of benzene rings is 1. The number of nitrogens with two attached hydrogens (primary N) is 1. The number of aromatic nitrogens is 1. The van der Waals surface area contributed by atoms with Crippen LogP contribution in [0.4, 0.5) is 11.6 Å². The van der Waals surface area contributed by atoms with Crippen molar-refractivity contribution in [2.75, 3.05) is 10.5 Å². The summed E-state index contributed by atoms with van der Waals surface area (Å²) in [6.07, 6.45) is 0. The summed E-state index contributed by atoms with van der Waals surface area (Å²) in [4.78, 5) is 0.0489. The second-order valence-electron chi connectivity index (χ2n) is 4.47. The number of anilines is 2. The molecule has 0 spiro atoms. The highest BCUT2D eigenvalue weighted by Crippen LogP contribution is 2.28. The zero-order valence-electron chi connectivity index (χ0n) is 11.2. The van der Waals surface area contributed by atoms with E-state index in [1.54, 1.807) is 20.8 Å². The molecule has 0 bridgehead atoms. The normalized spacial score (nSPS) is 11.6. The Hall–Kier alpha value is -1.73. The Kier molecular flexibility index (Phi) is 3.66. The fourth-order valence-corrected chi connectivity index (χ4v) is 3.17. The lowest BCUT2D eigenvalue weighted by Crippen LogP contribution is -2.15. The summed E-state index contributed by atoms with van der Waals surface area (Å²) in [5, 5.41) is 4.01. The first-order valence-corrected chi connectivity index (χ1v) is 7.60. The molecule has 20 heavy (non-hydrogen) atoms. The van der Waals surface area contributed by atoms with Gasteiger partial charge >= 0.3 is 0 Å². The van der Waals surface area contributed by atoms with Gasteiger partial charge in [0.15, 0.2) is 0 Å². The van der Waals surface area contributed by atoms with Gasteiger partial charge < -0.3 is 10.3 Å². The molecule has 2 aromatic rings. The average Bonchev–Trinajstić information content (AvgIpc) is 2.65. The summed E-state index contributed by atoms with van der Waals surface area (Å²) in [6.45, 7) is 5.08. The zero-order valence-corrected chi connectivity index (χ0v) is 12.8. The highest BCUT2D eigenvalue weighted by atomic mass is 35.5. The van der Waals surface area contributed by atoms with Gasteiger partial charge in [0.1, 0.15) is 0 Å². The van der Waals surface area contributed by atoms with Crippen molar-refractivity contribution in [1.82, 2.24) is 5.16 Å². The van der Waals surface area contributed by atoms with Crippen LogP contribution < -0.4 is 10.5 Å². The van der Waals surface area contributed by atoms with Gasteiger partial charge in [0.05, 0.1) is 21.3 Å². The number of sulfonamides is 1. The maximum Gasteiger partial charge on any atom is 0.264 e. The second-order valence-corrected chi connectivity index (χ2v) is 6.52. The predicted octanol–water partition coefficient (Wildman–Crippen LogP) is 2.64. The second kappa shape index (κ2) is 4.99. The molecule has 0 unspecified atom stereocenters. The van der Waals surface area contributed by atoms with Crippen molar-refractivity contribution in [3.05, 3.63) is 34.0 Å². The van der Waals surface area contributed by atoms with E-state index in [0.717, 1.165) is 0 Å². The maximum atomic E-state index is 12.3. The number of rotatable bonds is 3. The van der Waals surface area contributed by atoms with Gasteiger partial charge in [-0.1, -0.05) is 16.8 Å². The lowest BCUT2D eigenvalue weighted by atomic mass is 10.2. The van der Waals surface area contributed by atoms with E-state index in [2.05, 4.69) is 9.88 Å². The minimum atomic E-state index is -3.81. The van der Waals surface area contributed by atoms with Crippen molar-refractivity contribution < 1.29 is 12.9 Å². The number of nitrogens with zero attached hydrogens (tertiary/aromatic N) is 1. The van der Waals surface area contributed by atoms with Crippen LogP contribution in [0.25, 0.3) is 0 Å². The van der Waals surface area contributed by atoms with Gasteiger partial charge in [-0.2, -0.15) is 0 Å². The molecule has 0 atom stereocenters. The summed E-state index contributed by atoms with van der Waals surface area (Å²) in [5.41, 5.74) is 7.60. The van der Waals surface area contributed by atoms with Crippen LogP contribution in [0.3, 0.4) is 0 Å². The van der Waals surface area contributed by atoms with Crippen molar-refractivity contribution >= 4 is 33.2 Å². The van der Waals surface area contributed by atoms with Crippen LogP contribution >= 0.6 is 11.6 Å². The SMILES string of the molecule is Cc1cc(Cl)c(N)cc1S(=O)(=O)Nc1onc(C)c1C. The Labute approximate surface area is 122 Å². The Morgan fingerprint density at radius 1 is 1.30 bits per heavy atom. The fourth-order valence-electron chi connectivity index (χ4n) is 1.65. The standard InChI is InChI=1S/C12H14ClN3O3S/c1-6-4-9(13)10(14)5-11(6)20(17,18)16-12-7(2)8(3)15-19-12/h4-5,16H,14H2,1-3H3. The molecular weight excluding hydrogens is 302 g/mol. The predicted molar refractivity (Wildman–Crippen MR) is 77.4 cm³/mol. The molecule has 2 rings (SSSR count). The monoisotopic (exact) mass is 315 g/mol. The molecule has 1 aromatic heterocycles. The van der Waals surface area contributed by atoms with Crippen molar-refractivity contribution in [2.45, 2.75) is 25.7 Å². The lowest BCUT2D eigenvalue weighted by Gasteiger charge is -2.10. The highest BCUT2D eigenvalue weighted by molar-refractivity contribution is 7.92. The van der Waals surface area contributed by atoms with Crippen LogP contribution in [0.5, 0.6) is 0 Å². The third kappa shape index (κ3) is 2.59. The number of nitrogens with one attached hydrogen (secondary N) is 1. The molecule has 1 heterocycles. The smallest absolute Gasteiger partial charge is 0.264 e. The molecule has 3 N–H and O–H groups in total. The molecule has 8 heteroatoms. The first-order valence-electron chi connectivity index (χ1n) is 5.73. The van der Waals surface area contributed by atoms with Crippen molar-refractivity contribution in [1.29, 1.82) is 0 Å². The van der Waals surface area contributed by atoms with E-state index in [0.29, 0.717) is 21.8 Å². The van der Waals surface area contributed by atoms with Gasteiger partial charge in [-0.3, -0.25) is 0 Å². The molecule has 0 aliphatic rings. The number of hydrogen-bond acceptors (Lipinski definition) is 5. The van der Waals surface area contributed by atoms with E-state index >= 15 is 0 Å². The van der Waals surface area contributed by atoms with E-state index in [1.165, 1.54) is 12.1 Å². The molecule has 0 saturated heterocycles. The third-order valence-electron chi connectivity index (χ3n) is 2.97. The van der Waals surface area contributed by atoms with Crippen LogP contribution in [0, 0.1) is 20.8 Å². The van der Waals surface area contributed by atoms with Gasteiger partial charge in [-0.25, -0.2) is 13.1 Å². The quantitative estimate of drug-likeness (QED) is 0.848. The van der Waals surface area contributed by atoms with E-state index in [9.17, 15) is 8.42 Å². The first-order chi connectivity index (χ1) is 9.22. The summed E-state index contributed by atoms with van der Waals surface area (Å²) in [5.74, 6) is 0.0930. The van der Waals surface area contributed by atoms with E-state index in [4.69, 9.17) is 21.9 Å². The van der Waals surface area contributed by atoms with Crippen LogP contribution in [0.2, 0.25) is 5.02 Å². The summed E-state index contributed by atoms with van der Waals surface area (Å²) in [6, 6.07) is 2.82. The summed E-state index contributed by atoms with van der Waals surface area (Å²) in [7, 11) is -3.81. The largest absolute Gasteiger partial charge is 0.397 e. The minimum Gasteiger partial charge on any atom is -0.397 e. The molecule has 6 nitrogen and oxygen atoms in total. The van der Waals surface area contributed by atoms with Crippen LogP contribution in [0.1, 0.15) is 16.8 Å². The molecule has 0 aliphatic heterocycles. The molecule has 108 valence electrons. The molecule has 0 saturated carbocycles. The Bertz CT molecular complexity index is 768. The molecule has 0 amide bonds.